The van der Waals surface area contributed by atoms with E-state index in [9.17, 15) is 14.4 Å². The summed E-state index contributed by atoms with van der Waals surface area (Å²) < 4.78 is 32.9. The third-order valence-corrected chi connectivity index (χ3v) is 6.71. The van der Waals surface area contributed by atoms with E-state index in [4.69, 9.17) is 8.85 Å². The molecule has 3 rings (SSSR count). The van der Waals surface area contributed by atoms with Crippen molar-refractivity contribution >= 4 is 33.3 Å². The quantitative estimate of drug-likeness (QED) is 0.281. The number of Topliss-reactive ketones (excluding diaryl/α,β-unsaturated/α-hetero) is 1. The fraction of sp³-hybridized carbons (Fsp3) is 0.448. The molecule has 2 heterocycles. The molecule has 0 fully saturated rings. The minimum atomic E-state index is -2.68. The molecule has 10 heteroatoms. The number of para-hydroxylation sites is 1. The van der Waals surface area contributed by atoms with E-state index >= 15 is 0 Å². The van der Waals surface area contributed by atoms with Gasteiger partial charge in [-0.3, -0.25) is 19.1 Å². The van der Waals surface area contributed by atoms with Crippen LogP contribution in [0.5, 0.6) is 5.88 Å². The lowest BCUT2D eigenvalue weighted by molar-refractivity contribution is -0.118. The van der Waals surface area contributed by atoms with E-state index in [0.717, 1.165) is 9.36 Å². The van der Waals surface area contributed by atoms with Gasteiger partial charge in [-0.15, -0.1) is 0 Å². The summed E-state index contributed by atoms with van der Waals surface area (Å²) in [5.74, 6) is -0.343. The smallest absolute Gasteiger partial charge is 0.295 e. The zero-order valence-corrected chi connectivity index (χ0v) is 24.7. The molecular weight excluding hydrogens is 562 g/mol. The van der Waals surface area contributed by atoms with E-state index < -0.39 is 23.9 Å². The van der Waals surface area contributed by atoms with Gasteiger partial charge in [-0.05, 0) is 67.0 Å². The number of carbonyl (C=O) groups is 2. The predicted molar refractivity (Wildman–Crippen MR) is 157 cm³/mol. The minimum absolute atomic E-state index is 0.00613. The molecule has 0 saturated carbocycles. The summed E-state index contributed by atoms with van der Waals surface area (Å²) >= 11 is 3.34. The van der Waals surface area contributed by atoms with Gasteiger partial charge in [0.25, 0.3) is 5.56 Å². The van der Waals surface area contributed by atoms with Crippen molar-refractivity contribution in [2.75, 3.05) is 32.6 Å². The van der Waals surface area contributed by atoms with Gasteiger partial charge >= 0.3 is 0 Å². The van der Waals surface area contributed by atoms with Crippen LogP contribution in [0, 0.1) is 5.41 Å². The molecule has 0 bridgehead atoms. The Morgan fingerprint density at radius 1 is 1.23 bits per heavy atom. The third-order valence-electron chi connectivity index (χ3n) is 6.28. The number of pyridine rings is 1. The molecule has 1 aromatic carbocycles. The Morgan fingerprint density at radius 2 is 1.95 bits per heavy atom. The molecule has 39 heavy (non-hydrogen) atoms. The van der Waals surface area contributed by atoms with Gasteiger partial charge in [-0.25, -0.2) is 9.67 Å². The molecule has 0 aliphatic carbocycles. The predicted octanol–water partition coefficient (Wildman–Crippen LogP) is 4.85. The number of nitrogens with zero attached hydrogens (tertiary/aromatic N) is 4. The number of amides is 1. The summed E-state index contributed by atoms with van der Waals surface area (Å²) in [6, 6.07) is 10.1. The van der Waals surface area contributed by atoms with Gasteiger partial charge in [0.2, 0.25) is 11.8 Å². The maximum absolute atomic E-state index is 13.7. The van der Waals surface area contributed by atoms with Crippen LogP contribution in [0.25, 0.3) is 5.69 Å². The van der Waals surface area contributed by atoms with E-state index in [1.54, 1.807) is 42.6 Å². The molecule has 0 unspecified atom stereocenters. The summed E-state index contributed by atoms with van der Waals surface area (Å²) in [5.41, 5.74) is -0.348. The molecule has 0 atom stereocenters. The van der Waals surface area contributed by atoms with Crippen LogP contribution < -0.4 is 15.6 Å². The van der Waals surface area contributed by atoms with Crippen molar-refractivity contribution in [2.45, 2.75) is 46.5 Å². The normalized spacial score (nSPS) is 13.1. The Hall–Kier alpha value is -3.24. The number of ketones is 1. The first kappa shape index (κ1) is 26.0. The number of aromatic nitrogens is 3. The lowest BCUT2D eigenvalue weighted by atomic mass is 9.83. The highest BCUT2D eigenvalue weighted by Gasteiger charge is 2.27. The molecule has 9 nitrogen and oxygen atoms in total. The minimum Gasteiger partial charge on any atom is -0.477 e. The summed E-state index contributed by atoms with van der Waals surface area (Å²) in [7, 11) is 3.69. The molecule has 0 saturated heterocycles. The summed E-state index contributed by atoms with van der Waals surface area (Å²) in [4.78, 5) is 46.1. The number of benzene rings is 1. The van der Waals surface area contributed by atoms with Crippen molar-refractivity contribution in [1.82, 2.24) is 19.2 Å². The average Bonchev–Trinajstić information content (AvgIpc) is 3.18. The van der Waals surface area contributed by atoms with E-state index in [1.165, 1.54) is 0 Å². The van der Waals surface area contributed by atoms with Gasteiger partial charge in [-0.2, -0.15) is 0 Å². The maximum Gasteiger partial charge on any atom is 0.295 e. The molecule has 1 amide bonds. The van der Waals surface area contributed by atoms with Gasteiger partial charge in [-0.1, -0.05) is 32.0 Å². The molecule has 0 aliphatic heterocycles. The second-order valence-electron chi connectivity index (χ2n) is 10.4. The lowest BCUT2D eigenvalue weighted by Crippen LogP contribution is -2.26. The summed E-state index contributed by atoms with van der Waals surface area (Å²) in [6.07, 6.45) is 2.33. The van der Waals surface area contributed by atoms with Crippen LogP contribution in [0.4, 0.5) is 5.69 Å². The number of likely N-dealkylation sites (N-methyl/N-ethyl adjacent to an activating group) is 1. The zero-order chi connectivity index (χ0) is 31.2. The fourth-order valence-electron chi connectivity index (χ4n) is 4.21. The maximum atomic E-state index is 13.7. The Bertz CT molecular complexity index is 1470. The average molecular weight is 604 g/mol. The van der Waals surface area contributed by atoms with Crippen LogP contribution in [-0.4, -0.2) is 58.2 Å². The van der Waals surface area contributed by atoms with Crippen molar-refractivity contribution in [3.05, 3.63) is 68.7 Å². The molecule has 0 radical (unpaired) electrons. The highest BCUT2D eigenvalue weighted by Crippen LogP contribution is 2.30. The van der Waals surface area contributed by atoms with Crippen molar-refractivity contribution in [1.29, 1.82) is 0 Å². The number of halogens is 1. The number of rotatable bonds is 13. The molecule has 2 aromatic heterocycles. The van der Waals surface area contributed by atoms with Gasteiger partial charge in [0.05, 0.1) is 23.6 Å². The summed E-state index contributed by atoms with van der Waals surface area (Å²) in [5, 5.41) is 2.73. The Kier molecular flexibility index (Phi) is 8.81. The number of ether oxygens (including phenoxy) is 1. The van der Waals surface area contributed by atoms with Crippen LogP contribution in [0.1, 0.15) is 60.2 Å². The van der Waals surface area contributed by atoms with Crippen molar-refractivity contribution in [2.24, 2.45) is 12.4 Å². The lowest BCUT2D eigenvalue weighted by Gasteiger charge is -2.23. The number of carbonyl (C=O) groups excluding carboxylic acids is 2. The van der Waals surface area contributed by atoms with Crippen LogP contribution in [-0.2, 0) is 18.2 Å². The molecule has 1 N–H and O–H groups in total. The summed E-state index contributed by atoms with van der Waals surface area (Å²) in [6.45, 7) is 3.69. The van der Waals surface area contributed by atoms with E-state index in [2.05, 4.69) is 26.2 Å². The van der Waals surface area contributed by atoms with Crippen molar-refractivity contribution < 1.29 is 18.4 Å². The molecule has 0 spiro atoms. The number of anilines is 1. The van der Waals surface area contributed by atoms with Crippen LogP contribution >= 0.6 is 15.9 Å². The second kappa shape index (κ2) is 13.2. The van der Waals surface area contributed by atoms with Gasteiger partial charge in [0.15, 0.2) is 5.78 Å². The van der Waals surface area contributed by atoms with E-state index in [-0.39, 0.29) is 42.3 Å². The van der Waals surface area contributed by atoms with Gasteiger partial charge in [0.1, 0.15) is 5.69 Å². The highest BCUT2D eigenvalue weighted by atomic mass is 79.9. The molecular formula is C29H38BrN5O4. The largest absolute Gasteiger partial charge is 0.477 e. The van der Waals surface area contributed by atoms with Crippen LogP contribution in [0.3, 0.4) is 0 Å². The van der Waals surface area contributed by atoms with Crippen molar-refractivity contribution in [3.63, 3.8) is 0 Å². The highest BCUT2D eigenvalue weighted by molar-refractivity contribution is 9.10. The Morgan fingerprint density at radius 3 is 2.59 bits per heavy atom. The fourth-order valence-corrected chi connectivity index (χ4v) is 4.54. The first-order valence-corrected chi connectivity index (χ1v) is 13.6. The van der Waals surface area contributed by atoms with Gasteiger partial charge in [0, 0.05) is 47.6 Å². The molecule has 210 valence electrons. The zero-order valence-electron chi connectivity index (χ0n) is 26.1. The van der Waals surface area contributed by atoms with Gasteiger partial charge < -0.3 is 15.0 Å². The van der Waals surface area contributed by atoms with Crippen molar-refractivity contribution in [3.8, 4) is 11.6 Å². The second-order valence-corrected chi connectivity index (χ2v) is 11.3. The molecule has 3 aromatic rings. The topological polar surface area (TPSA) is 98.5 Å². The van der Waals surface area contributed by atoms with Crippen LogP contribution in [0.2, 0.25) is 0 Å². The standard InChI is InChI=1S/C29H38BrN5O4/c1-7-39-27-22(17-20(30)19-31-27)24(36)13-15-29(2,3)18-25(37)32-26-23(14-16-33(4)5)34(6)35(28(26)38)21-11-9-8-10-12-21/h8-12,17,19H,7,13-16,18H2,1-6H3,(H,32,37)/i6D3. The SMILES string of the molecule is [2H]C([2H])([2H])n1c(CCN(C)C)c(NC(=O)CC(C)(C)CCC(=O)c2cc(Br)cnc2OCC)c(=O)n1-c1ccccc1. The van der Waals surface area contributed by atoms with E-state index in [0.29, 0.717) is 35.3 Å². The van der Waals surface area contributed by atoms with Crippen LogP contribution in [0.15, 0.2) is 51.9 Å². The monoisotopic (exact) mass is 602 g/mol. The third kappa shape index (κ3) is 7.89. The first-order valence-electron chi connectivity index (χ1n) is 14.3. The number of nitrogens with one attached hydrogen (secondary N) is 1. The Balaban J connectivity index is 1.87. The van der Waals surface area contributed by atoms with E-state index in [1.807, 2.05) is 39.8 Å². The molecule has 0 aliphatic rings. The number of hydrogen-bond donors (Lipinski definition) is 1. The Labute approximate surface area is 242 Å². The first-order chi connectivity index (χ1) is 19.6. The number of hydrogen-bond acceptors (Lipinski definition) is 6.